The summed E-state index contributed by atoms with van der Waals surface area (Å²) in [5.41, 5.74) is 2.08. The molecule has 3 nitrogen and oxygen atoms in total. The van der Waals surface area contributed by atoms with Gasteiger partial charge < -0.3 is 9.84 Å². The van der Waals surface area contributed by atoms with Crippen LogP contribution in [0.15, 0.2) is 29.8 Å². The molecule has 0 atom stereocenters. The molecule has 0 amide bonds. The SMILES string of the molecule is CC(C)COC(=O)C1=C(O)c2ccccc2C1. The molecule has 0 bridgehead atoms. The predicted octanol–water partition coefficient (Wildman–Crippen LogP) is 2.71. The molecule has 0 aromatic heterocycles. The average Bonchev–Trinajstić information content (AvgIpc) is 2.64. The van der Waals surface area contributed by atoms with E-state index < -0.39 is 5.97 Å². The summed E-state index contributed by atoms with van der Waals surface area (Å²) in [5, 5.41) is 9.96. The molecule has 17 heavy (non-hydrogen) atoms. The van der Waals surface area contributed by atoms with Crippen molar-refractivity contribution in [2.45, 2.75) is 20.3 Å². The molecule has 1 aliphatic rings. The van der Waals surface area contributed by atoms with Crippen LogP contribution in [-0.4, -0.2) is 17.7 Å². The van der Waals surface area contributed by atoms with Crippen LogP contribution in [0.5, 0.6) is 0 Å². The summed E-state index contributed by atoms with van der Waals surface area (Å²) >= 11 is 0. The fourth-order valence-corrected chi connectivity index (χ4v) is 1.84. The van der Waals surface area contributed by atoms with E-state index in [2.05, 4.69) is 0 Å². The number of aliphatic hydroxyl groups is 1. The van der Waals surface area contributed by atoms with Crippen LogP contribution in [0.25, 0.3) is 5.76 Å². The lowest BCUT2D eigenvalue weighted by Gasteiger charge is -2.07. The highest BCUT2D eigenvalue weighted by molar-refractivity contribution is 5.99. The first-order valence-corrected chi connectivity index (χ1v) is 5.77. The van der Waals surface area contributed by atoms with Gasteiger partial charge in [0.15, 0.2) is 0 Å². The molecule has 1 N–H and O–H groups in total. The molecule has 1 aromatic carbocycles. The highest BCUT2D eigenvalue weighted by Crippen LogP contribution is 2.31. The second kappa shape index (κ2) is 4.62. The van der Waals surface area contributed by atoms with Gasteiger partial charge in [-0.2, -0.15) is 0 Å². The highest BCUT2D eigenvalue weighted by atomic mass is 16.5. The first kappa shape index (κ1) is 11.7. The molecule has 0 spiro atoms. The van der Waals surface area contributed by atoms with Gasteiger partial charge in [-0.1, -0.05) is 38.1 Å². The minimum absolute atomic E-state index is 0.0642. The fraction of sp³-hybridized carbons (Fsp3) is 0.357. The Labute approximate surface area is 101 Å². The summed E-state index contributed by atoms with van der Waals surface area (Å²) < 4.78 is 5.13. The Bertz CT molecular complexity index is 472. The Morgan fingerprint density at radius 3 is 2.76 bits per heavy atom. The molecule has 90 valence electrons. The van der Waals surface area contributed by atoms with Gasteiger partial charge in [0.2, 0.25) is 0 Å². The van der Waals surface area contributed by atoms with E-state index in [0.29, 0.717) is 24.5 Å². The van der Waals surface area contributed by atoms with Crippen molar-refractivity contribution in [1.82, 2.24) is 0 Å². The summed E-state index contributed by atoms with van der Waals surface area (Å²) in [6.07, 6.45) is 0.457. The monoisotopic (exact) mass is 232 g/mol. The smallest absolute Gasteiger partial charge is 0.338 e. The number of hydrogen-bond donors (Lipinski definition) is 1. The molecule has 0 saturated heterocycles. The highest BCUT2D eigenvalue weighted by Gasteiger charge is 2.26. The third kappa shape index (κ3) is 2.33. The van der Waals surface area contributed by atoms with Crippen LogP contribution < -0.4 is 0 Å². The van der Waals surface area contributed by atoms with Crippen LogP contribution in [0.2, 0.25) is 0 Å². The minimum Gasteiger partial charge on any atom is -0.507 e. The number of fused-ring (bicyclic) bond motifs is 1. The zero-order valence-corrected chi connectivity index (χ0v) is 10.1. The lowest BCUT2D eigenvalue weighted by atomic mass is 10.1. The van der Waals surface area contributed by atoms with Crippen molar-refractivity contribution in [1.29, 1.82) is 0 Å². The second-order valence-electron chi connectivity index (χ2n) is 4.65. The van der Waals surface area contributed by atoms with Crippen LogP contribution in [-0.2, 0) is 16.0 Å². The summed E-state index contributed by atoms with van der Waals surface area (Å²) in [4.78, 5) is 11.8. The van der Waals surface area contributed by atoms with E-state index in [-0.39, 0.29) is 5.76 Å². The van der Waals surface area contributed by atoms with Crippen LogP contribution in [0.3, 0.4) is 0 Å². The van der Waals surface area contributed by atoms with Gasteiger partial charge in [-0.3, -0.25) is 0 Å². The number of carbonyl (C=O) groups excluding carboxylic acids is 1. The van der Waals surface area contributed by atoms with Crippen molar-refractivity contribution in [2.24, 2.45) is 5.92 Å². The molecule has 1 aromatic rings. The number of rotatable bonds is 3. The van der Waals surface area contributed by atoms with Crippen LogP contribution >= 0.6 is 0 Å². The Morgan fingerprint density at radius 2 is 2.12 bits per heavy atom. The van der Waals surface area contributed by atoms with Gasteiger partial charge in [0, 0.05) is 12.0 Å². The fourth-order valence-electron chi connectivity index (χ4n) is 1.84. The standard InChI is InChI=1S/C14H16O3/c1-9(2)8-17-14(16)12-7-10-5-3-4-6-11(10)13(12)15/h3-6,9,15H,7-8H2,1-2H3. The third-order valence-electron chi connectivity index (χ3n) is 2.72. The number of aliphatic hydroxyl groups excluding tert-OH is 1. The van der Waals surface area contributed by atoms with Gasteiger partial charge in [-0.25, -0.2) is 4.79 Å². The molecule has 0 fully saturated rings. The van der Waals surface area contributed by atoms with Crippen LogP contribution in [0.1, 0.15) is 25.0 Å². The Morgan fingerprint density at radius 1 is 1.41 bits per heavy atom. The Hall–Kier alpha value is -1.77. The largest absolute Gasteiger partial charge is 0.507 e. The Kier molecular flexibility index (Phi) is 3.18. The van der Waals surface area contributed by atoms with Crippen LogP contribution in [0, 0.1) is 5.92 Å². The van der Waals surface area contributed by atoms with Gasteiger partial charge in [-0.05, 0) is 11.5 Å². The topological polar surface area (TPSA) is 46.5 Å². The number of carbonyl (C=O) groups is 1. The molecule has 0 unspecified atom stereocenters. The maximum atomic E-state index is 11.8. The molecular formula is C14H16O3. The van der Waals surface area contributed by atoms with Gasteiger partial charge in [0.1, 0.15) is 5.76 Å². The van der Waals surface area contributed by atoms with Crippen molar-refractivity contribution in [3.05, 3.63) is 41.0 Å². The molecule has 2 rings (SSSR count). The van der Waals surface area contributed by atoms with E-state index in [0.717, 1.165) is 11.1 Å². The lowest BCUT2D eigenvalue weighted by Crippen LogP contribution is -2.13. The molecule has 0 heterocycles. The van der Waals surface area contributed by atoms with E-state index in [1.807, 2.05) is 38.1 Å². The van der Waals surface area contributed by atoms with Crippen molar-refractivity contribution in [2.75, 3.05) is 6.61 Å². The lowest BCUT2D eigenvalue weighted by molar-refractivity contribution is -0.140. The predicted molar refractivity (Wildman–Crippen MR) is 65.5 cm³/mol. The first-order chi connectivity index (χ1) is 8.09. The molecule has 0 radical (unpaired) electrons. The normalized spacial score (nSPS) is 14.1. The quantitative estimate of drug-likeness (QED) is 0.815. The van der Waals surface area contributed by atoms with Crippen LogP contribution in [0.4, 0.5) is 0 Å². The van der Waals surface area contributed by atoms with E-state index in [1.165, 1.54) is 0 Å². The second-order valence-corrected chi connectivity index (χ2v) is 4.65. The molecule has 3 heteroatoms. The van der Waals surface area contributed by atoms with Gasteiger partial charge in [0.25, 0.3) is 0 Å². The summed E-state index contributed by atoms with van der Waals surface area (Å²) in [5.74, 6) is -0.0489. The van der Waals surface area contributed by atoms with Gasteiger partial charge >= 0.3 is 5.97 Å². The van der Waals surface area contributed by atoms with Crippen molar-refractivity contribution in [3.8, 4) is 0 Å². The summed E-state index contributed by atoms with van der Waals surface area (Å²) in [6.45, 7) is 4.34. The maximum absolute atomic E-state index is 11.8. The molecule has 0 saturated carbocycles. The average molecular weight is 232 g/mol. The van der Waals surface area contributed by atoms with Crippen molar-refractivity contribution < 1.29 is 14.6 Å². The third-order valence-corrected chi connectivity index (χ3v) is 2.72. The maximum Gasteiger partial charge on any atom is 0.338 e. The number of esters is 1. The number of benzene rings is 1. The zero-order chi connectivity index (χ0) is 12.4. The summed E-state index contributed by atoms with van der Waals surface area (Å²) in [7, 11) is 0. The van der Waals surface area contributed by atoms with E-state index in [4.69, 9.17) is 4.74 Å². The molecular weight excluding hydrogens is 216 g/mol. The summed E-state index contributed by atoms with van der Waals surface area (Å²) in [6, 6.07) is 7.47. The Balaban J connectivity index is 2.15. The number of hydrogen-bond acceptors (Lipinski definition) is 3. The molecule has 1 aliphatic carbocycles. The number of ether oxygens (including phenoxy) is 1. The van der Waals surface area contributed by atoms with Crippen molar-refractivity contribution in [3.63, 3.8) is 0 Å². The minimum atomic E-state index is -0.410. The van der Waals surface area contributed by atoms with Gasteiger partial charge in [0.05, 0.1) is 12.2 Å². The van der Waals surface area contributed by atoms with E-state index in [1.54, 1.807) is 0 Å². The van der Waals surface area contributed by atoms with Gasteiger partial charge in [-0.15, -0.1) is 0 Å². The van der Waals surface area contributed by atoms with Crippen molar-refractivity contribution >= 4 is 11.7 Å². The van der Waals surface area contributed by atoms with E-state index in [9.17, 15) is 9.90 Å². The zero-order valence-electron chi connectivity index (χ0n) is 10.1. The first-order valence-electron chi connectivity index (χ1n) is 5.77. The molecule has 0 aliphatic heterocycles. The van der Waals surface area contributed by atoms with E-state index >= 15 is 0 Å².